The van der Waals surface area contributed by atoms with Crippen molar-refractivity contribution < 1.29 is 22.7 Å². The Bertz CT molecular complexity index is 783. The monoisotopic (exact) mass is 326 g/mol. The molecule has 1 N–H and O–H groups in total. The van der Waals surface area contributed by atoms with Gasteiger partial charge in [-0.15, -0.1) is 0 Å². The zero-order valence-corrected chi connectivity index (χ0v) is 12.5. The molecule has 110 valence electrons. The second-order valence-corrected chi connectivity index (χ2v) is 7.42. The zero-order valence-electron chi connectivity index (χ0n) is 10.9. The van der Waals surface area contributed by atoms with Crippen LogP contribution in [0, 0.1) is 5.82 Å². The predicted octanol–water partition coefficient (Wildman–Crippen LogP) is 3.08. The lowest BCUT2D eigenvalue weighted by atomic mass is 10.2. The fraction of sp³-hybridized carbons (Fsp3) is 0.0714. The van der Waals surface area contributed by atoms with E-state index in [2.05, 4.69) is 0 Å². The summed E-state index contributed by atoms with van der Waals surface area (Å²) in [6.45, 7) is 0. The predicted molar refractivity (Wildman–Crippen MR) is 77.0 cm³/mol. The van der Waals surface area contributed by atoms with Crippen LogP contribution in [0.15, 0.2) is 57.2 Å². The molecule has 0 fully saturated rings. The molecule has 0 aliphatic carbocycles. The normalized spacial score (nSPS) is 11.3. The number of hydrogen-bond acceptors (Lipinski definition) is 4. The van der Waals surface area contributed by atoms with E-state index in [9.17, 15) is 17.6 Å². The Morgan fingerprint density at radius 2 is 1.76 bits per heavy atom. The van der Waals surface area contributed by atoms with Gasteiger partial charge in [-0.05, 0) is 42.5 Å². The molecule has 0 radical (unpaired) electrons. The minimum atomic E-state index is -3.27. The average molecular weight is 326 g/mol. The molecule has 0 atom stereocenters. The van der Waals surface area contributed by atoms with Gasteiger partial charge in [-0.25, -0.2) is 17.6 Å². The second kappa shape index (κ2) is 5.87. The average Bonchev–Trinajstić information content (AvgIpc) is 2.40. The van der Waals surface area contributed by atoms with E-state index in [1.165, 1.54) is 24.3 Å². The molecule has 2 aromatic rings. The van der Waals surface area contributed by atoms with Crippen molar-refractivity contribution in [2.45, 2.75) is 14.7 Å². The highest BCUT2D eigenvalue weighted by molar-refractivity contribution is 7.99. The maximum Gasteiger partial charge on any atom is 0.336 e. The van der Waals surface area contributed by atoms with Gasteiger partial charge in [-0.1, -0.05) is 11.8 Å². The summed E-state index contributed by atoms with van der Waals surface area (Å²) in [7, 11) is -3.27. The molecular formula is C14H11FO4S2. The molecule has 21 heavy (non-hydrogen) atoms. The molecule has 4 nitrogen and oxygen atoms in total. The van der Waals surface area contributed by atoms with Crippen LogP contribution in [0.5, 0.6) is 0 Å². The van der Waals surface area contributed by atoms with Gasteiger partial charge >= 0.3 is 5.97 Å². The van der Waals surface area contributed by atoms with Gasteiger partial charge in [0, 0.05) is 16.0 Å². The number of halogens is 1. The molecule has 0 unspecified atom stereocenters. The van der Waals surface area contributed by atoms with Crippen molar-refractivity contribution in [3.8, 4) is 0 Å². The van der Waals surface area contributed by atoms with Gasteiger partial charge in [-0.3, -0.25) is 0 Å². The topological polar surface area (TPSA) is 71.4 Å². The van der Waals surface area contributed by atoms with E-state index in [0.717, 1.165) is 24.1 Å². The first kappa shape index (κ1) is 15.5. The van der Waals surface area contributed by atoms with Gasteiger partial charge in [0.2, 0.25) is 0 Å². The standard InChI is InChI=1S/C14H11FO4S2/c1-21(18,19)11-5-3-10(4-6-11)20-13-7-2-9(15)8-12(13)14(16)17/h2-8H,1H3,(H,16,17). The van der Waals surface area contributed by atoms with Crippen LogP contribution < -0.4 is 0 Å². The van der Waals surface area contributed by atoms with E-state index >= 15 is 0 Å². The van der Waals surface area contributed by atoms with Crippen LogP contribution >= 0.6 is 11.8 Å². The zero-order chi connectivity index (χ0) is 15.6. The van der Waals surface area contributed by atoms with E-state index < -0.39 is 21.6 Å². The Hall–Kier alpha value is -1.86. The van der Waals surface area contributed by atoms with E-state index in [1.54, 1.807) is 12.1 Å². The molecule has 2 rings (SSSR count). The number of carboxylic acids is 1. The van der Waals surface area contributed by atoms with Gasteiger partial charge in [0.25, 0.3) is 0 Å². The minimum absolute atomic E-state index is 0.132. The highest BCUT2D eigenvalue weighted by Gasteiger charge is 2.13. The largest absolute Gasteiger partial charge is 0.478 e. The fourth-order valence-corrected chi connectivity index (χ4v) is 3.19. The number of rotatable bonds is 4. The highest BCUT2D eigenvalue weighted by Crippen LogP contribution is 2.31. The van der Waals surface area contributed by atoms with E-state index in [0.29, 0.717) is 9.79 Å². The molecule has 0 spiro atoms. The Labute approximate surface area is 125 Å². The Morgan fingerprint density at radius 3 is 2.29 bits per heavy atom. The summed E-state index contributed by atoms with van der Waals surface area (Å²) in [5.74, 6) is -1.84. The Balaban J connectivity index is 2.33. The van der Waals surface area contributed by atoms with Gasteiger partial charge in [0.05, 0.1) is 10.5 Å². The van der Waals surface area contributed by atoms with Crippen LogP contribution in [-0.4, -0.2) is 25.7 Å². The lowest BCUT2D eigenvalue weighted by Crippen LogP contribution is -1.99. The number of benzene rings is 2. The van der Waals surface area contributed by atoms with Crippen LogP contribution in [0.3, 0.4) is 0 Å². The number of sulfone groups is 1. The summed E-state index contributed by atoms with van der Waals surface area (Å²) in [4.78, 5) is 12.3. The second-order valence-electron chi connectivity index (χ2n) is 4.29. The van der Waals surface area contributed by atoms with E-state index in [4.69, 9.17) is 5.11 Å². The summed E-state index contributed by atoms with van der Waals surface area (Å²) in [5.41, 5.74) is -0.132. The van der Waals surface area contributed by atoms with Crippen LogP contribution in [0.25, 0.3) is 0 Å². The number of carboxylic acid groups (broad SMARTS) is 1. The van der Waals surface area contributed by atoms with Crippen LogP contribution in [0.2, 0.25) is 0 Å². The van der Waals surface area contributed by atoms with Crippen LogP contribution in [-0.2, 0) is 9.84 Å². The molecule has 0 heterocycles. The summed E-state index contributed by atoms with van der Waals surface area (Å²) in [5, 5.41) is 9.06. The van der Waals surface area contributed by atoms with E-state index in [1.807, 2.05) is 0 Å². The maximum atomic E-state index is 13.1. The molecule has 0 saturated carbocycles. The van der Waals surface area contributed by atoms with Crippen molar-refractivity contribution in [1.82, 2.24) is 0 Å². The highest BCUT2D eigenvalue weighted by atomic mass is 32.2. The van der Waals surface area contributed by atoms with Crippen molar-refractivity contribution in [1.29, 1.82) is 0 Å². The molecule has 7 heteroatoms. The summed E-state index contributed by atoms with van der Waals surface area (Å²) in [6, 6.07) is 9.57. The third kappa shape index (κ3) is 3.83. The van der Waals surface area contributed by atoms with Crippen LogP contribution in [0.4, 0.5) is 4.39 Å². The Morgan fingerprint density at radius 1 is 1.14 bits per heavy atom. The van der Waals surface area contributed by atoms with Gasteiger partial charge in [0.15, 0.2) is 9.84 Å². The van der Waals surface area contributed by atoms with Gasteiger partial charge < -0.3 is 5.11 Å². The third-order valence-electron chi connectivity index (χ3n) is 2.65. The molecule has 0 amide bonds. The summed E-state index contributed by atoms with van der Waals surface area (Å²) >= 11 is 1.13. The van der Waals surface area contributed by atoms with Crippen LogP contribution in [0.1, 0.15) is 10.4 Å². The summed E-state index contributed by atoms with van der Waals surface area (Å²) < 4.78 is 35.8. The third-order valence-corrected chi connectivity index (χ3v) is 4.86. The summed E-state index contributed by atoms with van der Waals surface area (Å²) in [6.07, 6.45) is 1.11. The molecule has 0 saturated heterocycles. The SMILES string of the molecule is CS(=O)(=O)c1ccc(Sc2ccc(F)cc2C(=O)O)cc1. The van der Waals surface area contributed by atoms with E-state index in [-0.39, 0.29) is 10.5 Å². The first-order valence-electron chi connectivity index (χ1n) is 5.78. The Kier molecular flexibility index (Phi) is 4.34. The smallest absolute Gasteiger partial charge is 0.336 e. The first-order chi connectivity index (χ1) is 9.77. The number of carbonyl (C=O) groups is 1. The molecule has 0 aromatic heterocycles. The van der Waals surface area contributed by atoms with Crippen molar-refractivity contribution in [2.24, 2.45) is 0 Å². The van der Waals surface area contributed by atoms with Gasteiger partial charge in [0.1, 0.15) is 5.82 Å². The maximum absolute atomic E-state index is 13.1. The van der Waals surface area contributed by atoms with Gasteiger partial charge in [-0.2, -0.15) is 0 Å². The lowest BCUT2D eigenvalue weighted by Gasteiger charge is -2.06. The number of hydrogen-bond donors (Lipinski definition) is 1. The molecule has 0 aliphatic rings. The van der Waals surface area contributed by atoms with Crippen molar-refractivity contribution in [3.05, 3.63) is 53.8 Å². The van der Waals surface area contributed by atoms with Crippen molar-refractivity contribution in [3.63, 3.8) is 0 Å². The molecule has 0 aliphatic heterocycles. The first-order valence-corrected chi connectivity index (χ1v) is 8.49. The fourth-order valence-electron chi connectivity index (χ4n) is 1.64. The quantitative estimate of drug-likeness (QED) is 0.935. The van der Waals surface area contributed by atoms with Crippen molar-refractivity contribution >= 4 is 27.6 Å². The molecule has 0 bridgehead atoms. The molecular weight excluding hydrogens is 315 g/mol. The minimum Gasteiger partial charge on any atom is -0.478 e. The van der Waals surface area contributed by atoms with Crippen molar-refractivity contribution in [2.75, 3.05) is 6.26 Å². The number of aromatic carboxylic acids is 1. The molecule has 2 aromatic carbocycles. The lowest BCUT2D eigenvalue weighted by molar-refractivity contribution is 0.0692.